The molecule has 0 unspecified atom stereocenters. The number of carbonyl (C=O) groups excluding carboxylic acids is 1. The number of nitrogens with one attached hydrogen (secondary N) is 1. The van der Waals surface area contributed by atoms with Crippen LogP contribution in [0, 0.1) is 0 Å². The van der Waals surface area contributed by atoms with Gasteiger partial charge in [0.25, 0.3) is 11.5 Å². The third-order valence-corrected chi connectivity index (χ3v) is 3.61. The summed E-state index contributed by atoms with van der Waals surface area (Å²) in [6.45, 7) is 0. The van der Waals surface area contributed by atoms with E-state index in [-0.39, 0.29) is 11.5 Å². The number of carbonyl (C=O) groups is 1. The number of aromatic nitrogens is 1. The van der Waals surface area contributed by atoms with Crippen LogP contribution >= 0.6 is 0 Å². The number of fused-ring (bicyclic) bond motifs is 3. The highest BCUT2D eigenvalue weighted by Crippen LogP contribution is 2.25. The van der Waals surface area contributed by atoms with Gasteiger partial charge in [-0.15, -0.1) is 0 Å². The molecule has 1 amide bonds. The second kappa shape index (κ2) is 4.49. The van der Waals surface area contributed by atoms with E-state index in [1.54, 1.807) is 36.9 Å². The molecule has 1 aromatic heterocycles. The smallest absolute Gasteiger partial charge is 0.258 e. The molecule has 0 bridgehead atoms. The molecule has 0 saturated carbocycles. The number of nitrogens with zero attached hydrogens (tertiary/aromatic N) is 1. The van der Waals surface area contributed by atoms with E-state index in [1.807, 2.05) is 24.3 Å². The van der Waals surface area contributed by atoms with Gasteiger partial charge < -0.3 is 9.88 Å². The number of rotatable bonds is 1. The molecular formula is C16H14N2O2. The lowest BCUT2D eigenvalue weighted by molar-refractivity contribution is 0.0965. The van der Waals surface area contributed by atoms with Gasteiger partial charge in [0.15, 0.2) is 0 Å². The predicted octanol–water partition coefficient (Wildman–Crippen LogP) is 2.05. The normalized spacial score (nSPS) is 10.9. The molecule has 3 aromatic rings. The number of aryl methyl sites for hydroxylation is 1. The van der Waals surface area contributed by atoms with E-state index in [9.17, 15) is 9.59 Å². The zero-order valence-corrected chi connectivity index (χ0v) is 11.3. The molecule has 100 valence electrons. The maximum atomic E-state index is 12.4. The van der Waals surface area contributed by atoms with Crippen LogP contribution < -0.4 is 10.9 Å². The first-order chi connectivity index (χ1) is 9.65. The van der Waals surface area contributed by atoms with Crippen LogP contribution in [-0.4, -0.2) is 17.5 Å². The number of benzene rings is 2. The fourth-order valence-electron chi connectivity index (χ4n) is 2.60. The molecule has 0 spiro atoms. The van der Waals surface area contributed by atoms with E-state index in [2.05, 4.69) is 5.32 Å². The standard InChI is InChI=1S/C16H14N2O2/c1-17-15(19)12-8-5-9-13-14(12)10-6-3-4-7-11(10)16(20)18(13)2/h3-9H,1-2H3,(H,17,19). The Morgan fingerprint density at radius 2 is 1.75 bits per heavy atom. The maximum absolute atomic E-state index is 12.4. The maximum Gasteiger partial charge on any atom is 0.258 e. The molecule has 0 aliphatic carbocycles. The van der Waals surface area contributed by atoms with Crippen molar-refractivity contribution >= 4 is 27.6 Å². The van der Waals surface area contributed by atoms with Gasteiger partial charge in [0.05, 0.1) is 5.52 Å². The number of amides is 1. The van der Waals surface area contributed by atoms with Gasteiger partial charge in [0.1, 0.15) is 0 Å². The summed E-state index contributed by atoms with van der Waals surface area (Å²) in [5.41, 5.74) is 1.29. The Bertz CT molecular complexity index is 894. The molecule has 0 fully saturated rings. The first kappa shape index (κ1) is 12.4. The van der Waals surface area contributed by atoms with Crippen molar-refractivity contribution in [3.8, 4) is 0 Å². The van der Waals surface area contributed by atoms with Crippen LogP contribution in [0.4, 0.5) is 0 Å². The zero-order valence-electron chi connectivity index (χ0n) is 11.3. The van der Waals surface area contributed by atoms with Crippen LogP contribution in [0.5, 0.6) is 0 Å². The number of pyridine rings is 1. The molecule has 0 atom stereocenters. The van der Waals surface area contributed by atoms with E-state index >= 15 is 0 Å². The van der Waals surface area contributed by atoms with E-state index in [1.165, 1.54) is 0 Å². The highest BCUT2D eigenvalue weighted by Gasteiger charge is 2.14. The molecule has 1 heterocycles. The number of hydrogen-bond acceptors (Lipinski definition) is 2. The quantitative estimate of drug-likeness (QED) is 0.685. The monoisotopic (exact) mass is 266 g/mol. The van der Waals surface area contributed by atoms with Crippen molar-refractivity contribution in [1.82, 2.24) is 9.88 Å². The van der Waals surface area contributed by atoms with Crippen molar-refractivity contribution in [2.24, 2.45) is 7.05 Å². The summed E-state index contributed by atoms with van der Waals surface area (Å²) < 4.78 is 1.59. The molecule has 0 radical (unpaired) electrons. The minimum absolute atomic E-state index is 0.0536. The molecular weight excluding hydrogens is 252 g/mol. The van der Waals surface area contributed by atoms with Crippen molar-refractivity contribution in [3.63, 3.8) is 0 Å². The zero-order chi connectivity index (χ0) is 14.3. The van der Waals surface area contributed by atoms with Crippen molar-refractivity contribution in [1.29, 1.82) is 0 Å². The summed E-state index contributed by atoms with van der Waals surface area (Å²) in [5, 5.41) is 4.89. The van der Waals surface area contributed by atoms with E-state index in [4.69, 9.17) is 0 Å². The summed E-state index contributed by atoms with van der Waals surface area (Å²) in [4.78, 5) is 24.4. The molecule has 4 heteroatoms. The Kier molecular flexibility index (Phi) is 2.79. The lowest BCUT2D eigenvalue weighted by Crippen LogP contribution is -2.21. The number of hydrogen-bond donors (Lipinski definition) is 1. The van der Waals surface area contributed by atoms with E-state index < -0.39 is 0 Å². The Balaban J connectivity index is 2.64. The molecule has 0 aliphatic rings. The third-order valence-electron chi connectivity index (χ3n) is 3.61. The van der Waals surface area contributed by atoms with Crippen LogP contribution in [0.15, 0.2) is 47.3 Å². The Hall–Kier alpha value is -2.62. The minimum atomic E-state index is -0.153. The molecule has 2 aromatic carbocycles. The summed E-state index contributed by atoms with van der Waals surface area (Å²) in [6.07, 6.45) is 0. The van der Waals surface area contributed by atoms with Gasteiger partial charge in [-0.25, -0.2) is 0 Å². The van der Waals surface area contributed by atoms with Crippen molar-refractivity contribution < 1.29 is 4.79 Å². The van der Waals surface area contributed by atoms with Crippen LogP contribution in [0.25, 0.3) is 21.7 Å². The Labute approximate surface area is 115 Å². The lowest BCUT2D eigenvalue weighted by atomic mass is 10.0. The van der Waals surface area contributed by atoms with Crippen molar-refractivity contribution in [3.05, 3.63) is 58.4 Å². The second-order valence-electron chi connectivity index (χ2n) is 4.69. The summed E-state index contributed by atoms with van der Waals surface area (Å²) >= 11 is 0. The predicted molar refractivity (Wildman–Crippen MR) is 80.1 cm³/mol. The first-order valence-corrected chi connectivity index (χ1v) is 6.37. The molecule has 20 heavy (non-hydrogen) atoms. The second-order valence-corrected chi connectivity index (χ2v) is 4.69. The highest BCUT2D eigenvalue weighted by molar-refractivity contribution is 6.16. The minimum Gasteiger partial charge on any atom is -0.355 e. The van der Waals surface area contributed by atoms with Gasteiger partial charge in [-0.2, -0.15) is 0 Å². The molecule has 0 saturated heterocycles. The van der Waals surface area contributed by atoms with Crippen molar-refractivity contribution in [2.45, 2.75) is 0 Å². The van der Waals surface area contributed by atoms with Crippen LogP contribution in [-0.2, 0) is 7.05 Å². The van der Waals surface area contributed by atoms with Crippen LogP contribution in [0.1, 0.15) is 10.4 Å². The molecule has 0 aliphatic heterocycles. The SMILES string of the molecule is CNC(=O)c1cccc2c1c1ccccc1c(=O)n2C. The lowest BCUT2D eigenvalue weighted by Gasteiger charge is -2.12. The third kappa shape index (κ3) is 1.61. The van der Waals surface area contributed by atoms with Gasteiger partial charge in [0.2, 0.25) is 0 Å². The van der Waals surface area contributed by atoms with Gasteiger partial charge in [-0.1, -0.05) is 24.3 Å². The molecule has 3 rings (SSSR count). The van der Waals surface area contributed by atoms with E-state index in [0.717, 1.165) is 16.3 Å². The van der Waals surface area contributed by atoms with Gasteiger partial charge in [0, 0.05) is 30.4 Å². The molecule has 1 N–H and O–H groups in total. The highest BCUT2D eigenvalue weighted by atomic mass is 16.1. The fourth-order valence-corrected chi connectivity index (χ4v) is 2.60. The summed E-state index contributed by atoms with van der Waals surface area (Å²) in [6, 6.07) is 12.8. The molecule has 4 nitrogen and oxygen atoms in total. The van der Waals surface area contributed by atoms with Gasteiger partial charge in [-0.3, -0.25) is 9.59 Å². The first-order valence-electron chi connectivity index (χ1n) is 6.37. The Morgan fingerprint density at radius 1 is 1.05 bits per heavy atom. The van der Waals surface area contributed by atoms with Crippen LogP contribution in [0.2, 0.25) is 0 Å². The van der Waals surface area contributed by atoms with E-state index in [0.29, 0.717) is 10.9 Å². The largest absolute Gasteiger partial charge is 0.355 e. The average Bonchev–Trinajstić information content (AvgIpc) is 2.51. The summed E-state index contributed by atoms with van der Waals surface area (Å²) in [7, 11) is 3.33. The topological polar surface area (TPSA) is 51.1 Å². The van der Waals surface area contributed by atoms with Gasteiger partial charge >= 0.3 is 0 Å². The van der Waals surface area contributed by atoms with Crippen LogP contribution in [0.3, 0.4) is 0 Å². The van der Waals surface area contributed by atoms with Crippen molar-refractivity contribution in [2.75, 3.05) is 7.05 Å². The van der Waals surface area contributed by atoms with Gasteiger partial charge in [-0.05, 0) is 23.6 Å². The fraction of sp³-hybridized carbons (Fsp3) is 0.125. The average molecular weight is 266 g/mol. The Morgan fingerprint density at radius 3 is 2.45 bits per heavy atom. The summed E-state index contributed by atoms with van der Waals surface area (Å²) in [5.74, 6) is -0.153.